The van der Waals surface area contributed by atoms with Crippen molar-refractivity contribution >= 4 is 89.9 Å². The highest BCUT2D eigenvalue weighted by Crippen LogP contribution is 2.29. The Balaban J connectivity index is 1.62. The molecule has 0 saturated heterocycles. The fourth-order valence-corrected chi connectivity index (χ4v) is 4.60. The molecule has 0 aliphatic carbocycles. The smallest absolute Gasteiger partial charge is 0.296 e. The van der Waals surface area contributed by atoms with Crippen LogP contribution >= 0.6 is 34.8 Å². The summed E-state index contributed by atoms with van der Waals surface area (Å²) in [4.78, 5) is 22.1. The summed E-state index contributed by atoms with van der Waals surface area (Å²) < 4.78 is 65.8. The zero-order valence-electron chi connectivity index (χ0n) is 18.2. The van der Waals surface area contributed by atoms with Crippen molar-refractivity contribution in [1.82, 2.24) is 29.9 Å². The molecule has 15 nitrogen and oxygen atoms in total. The van der Waals surface area contributed by atoms with Crippen LogP contribution in [-0.2, 0) is 20.2 Å². The Morgan fingerprint density at radius 1 is 0.605 bits per heavy atom. The van der Waals surface area contributed by atoms with Crippen LogP contribution in [0.15, 0.2) is 52.3 Å². The minimum Gasteiger partial charge on any atom is -0.324 e. The highest BCUT2D eigenvalue weighted by Gasteiger charge is 2.19. The van der Waals surface area contributed by atoms with Gasteiger partial charge in [0, 0.05) is 11.4 Å². The lowest BCUT2D eigenvalue weighted by atomic mass is 10.3. The van der Waals surface area contributed by atoms with Crippen LogP contribution in [0.25, 0.3) is 0 Å². The average molecular weight is 621 g/mol. The molecule has 2 aromatic carbocycles. The topological polar surface area (TPSA) is 222 Å². The van der Waals surface area contributed by atoms with E-state index in [0.717, 1.165) is 12.1 Å². The van der Waals surface area contributed by atoms with Crippen molar-refractivity contribution in [1.29, 1.82) is 0 Å². The van der Waals surface area contributed by atoms with E-state index in [4.69, 9.17) is 34.8 Å². The fourth-order valence-electron chi connectivity index (χ4n) is 2.87. The van der Waals surface area contributed by atoms with Crippen molar-refractivity contribution in [3.8, 4) is 0 Å². The Bertz CT molecular complexity index is 1740. The third-order valence-electron chi connectivity index (χ3n) is 4.34. The summed E-state index contributed by atoms with van der Waals surface area (Å²) in [5.41, 5.74) is 0.193. The van der Waals surface area contributed by atoms with Crippen LogP contribution in [-0.4, -0.2) is 55.8 Å². The second-order valence-electron chi connectivity index (χ2n) is 7.01. The van der Waals surface area contributed by atoms with Gasteiger partial charge in [0.1, 0.15) is 4.90 Å². The normalized spacial score (nSPS) is 11.7. The van der Waals surface area contributed by atoms with Gasteiger partial charge in [-0.05, 0) is 71.2 Å². The standard InChI is InChI=1S/C18H12Cl3N9O6S2/c19-13-25-14(20)27-18(26-13)24-11-5-4-9(7-12(11)38(34,35)36)23-17-29-15(21)28-16(30-17)22-8-2-1-3-10(6-8)37(31,32)33/h1-7H,(H,31,32,33)(H,34,35,36)(H,24,25,26,27)(H2,22,23,28,29,30). The molecular formula is C18H12Cl3N9O6S2. The third kappa shape index (κ3) is 7.10. The van der Waals surface area contributed by atoms with Crippen LogP contribution in [0.2, 0.25) is 15.9 Å². The van der Waals surface area contributed by atoms with Crippen molar-refractivity contribution in [2.75, 3.05) is 16.0 Å². The largest absolute Gasteiger partial charge is 0.324 e. The van der Waals surface area contributed by atoms with Gasteiger partial charge in [-0.25, -0.2) is 0 Å². The third-order valence-corrected chi connectivity index (χ3v) is 6.59. The lowest BCUT2D eigenvalue weighted by molar-refractivity contribution is 0.481. The second kappa shape index (κ2) is 10.7. The molecule has 0 spiro atoms. The van der Waals surface area contributed by atoms with E-state index >= 15 is 0 Å². The van der Waals surface area contributed by atoms with Gasteiger partial charge in [-0.2, -0.15) is 46.7 Å². The number of rotatable bonds is 8. The molecule has 38 heavy (non-hydrogen) atoms. The Hall–Kier alpha value is -3.45. The fraction of sp³-hybridized carbons (Fsp3) is 0. The summed E-state index contributed by atoms with van der Waals surface area (Å²) in [6.45, 7) is 0. The maximum absolute atomic E-state index is 12.0. The highest BCUT2D eigenvalue weighted by atomic mass is 35.5. The Morgan fingerprint density at radius 2 is 1.13 bits per heavy atom. The molecule has 0 fully saturated rings. The van der Waals surface area contributed by atoms with Crippen molar-refractivity contribution in [3.63, 3.8) is 0 Å². The summed E-state index contributed by atoms with van der Waals surface area (Å²) in [6, 6.07) is 8.92. The predicted octanol–water partition coefficient (Wildman–Crippen LogP) is 3.74. The van der Waals surface area contributed by atoms with E-state index in [1.807, 2.05) is 0 Å². The summed E-state index contributed by atoms with van der Waals surface area (Å²) in [6.07, 6.45) is 0. The van der Waals surface area contributed by atoms with Crippen LogP contribution in [0.1, 0.15) is 0 Å². The first-order valence-corrected chi connectivity index (χ1v) is 13.8. The van der Waals surface area contributed by atoms with E-state index in [-0.39, 0.29) is 55.7 Å². The van der Waals surface area contributed by atoms with Gasteiger partial charge < -0.3 is 16.0 Å². The summed E-state index contributed by atoms with van der Waals surface area (Å²) in [5.74, 6) is -0.438. The molecule has 4 rings (SSSR count). The lowest BCUT2D eigenvalue weighted by Crippen LogP contribution is -2.08. The Labute approximate surface area is 229 Å². The second-order valence-corrected chi connectivity index (χ2v) is 10.8. The van der Waals surface area contributed by atoms with Crippen LogP contribution in [0.4, 0.5) is 34.9 Å². The molecule has 5 N–H and O–H groups in total. The predicted molar refractivity (Wildman–Crippen MR) is 137 cm³/mol. The zero-order valence-corrected chi connectivity index (χ0v) is 22.1. The molecule has 0 bridgehead atoms. The number of aromatic nitrogens is 6. The van der Waals surface area contributed by atoms with Crippen molar-refractivity contribution < 1.29 is 25.9 Å². The summed E-state index contributed by atoms with van der Waals surface area (Å²) in [7, 11) is -9.21. The number of hydrogen-bond donors (Lipinski definition) is 5. The number of hydrogen-bond acceptors (Lipinski definition) is 13. The minimum absolute atomic E-state index is 0.108. The van der Waals surface area contributed by atoms with Gasteiger partial charge in [0.2, 0.25) is 33.7 Å². The van der Waals surface area contributed by atoms with Crippen LogP contribution in [0.5, 0.6) is 0 Å². The average Bonchev–Trinajstić information content (AvgIpc) is 2.78. The Kier molecular flexibility index (Phi) is 7.79. The molecule has 4 aromatic rings. The molecule has 198 valence electrons. The molecule has 0 aliphatic heterocycles. The van der Waals surface area contributed by atoms with Gasteiger partial charge >= 0.3 is 0 Å². The maximum atomic E-state index is 12.0. The molecule has 0 aliphatic rings. The first kappa shape index (κ1) is 27.6. The van der Waals surface area contributed by atoms with Crippen LogP contribution in [0.3, 0.4) is 0 Å². The van der Waals surface area contributed by atoms with Gasteiger partial charge in [-0.3, -0.25) is 9.11 Å². The van der Waals surface area contributed by atoms with Crippen molar-refractivity contribution in [2.45, 2.75) is 9.79 Å². The number of anilines is 6. The number of halogens is 3. The van der Waals surface area contributed by atoms with Gasteiger partial charge in [-0.1, -0.05) is 6.07 Å². The van der Waals surface area contributed by atoms with Gasteiger partial charge in [0.25, 0.3) is 20.2 Å². The highest BCUT2D eigenvalue weighted by molar-refractivity contribution is 7.86. The Morgan fingerprint density at radius 3 is 1.68 bits per heavy atom. The van der Waals surface area contributed by atoms with Crippen molar-refractivity contribution in [3.05, 3.63) is 58.3 Å². The lowest BCUT2D eigenvalue weighted by Gasteiger charge is -2.12. The molecule has 0 saturated carbocycles. The maximum Gasteiger partial charge on any atom is 0.296 e. The molecule has 2 heterocycles. The molecule has 2 aromatic heterocycles. The first-order valence-electron chi connectivity index (χ1n) is 9.75. The summed E-state index contributed by atoms with van der Waals surface area (Å²) in [5, 5.41) is 7.25. The van der Waals surface area contributed by atoms with E-state index in [0.29, 0.717) is 0 Å². The van der Waals surface area contributed by atoms with Crippen LogP contribution in [0, 0.1) is 0 Å². The molecule has 0 amide bonds. The number of benzene rings is 2. The monoisotopic (exact) mass is 619 g/mol. The van der Waals surface area contributed by atoms with E-state index in [1.165, 1.54) is 30.3 Å². The molecule has 0 atom stereocenters. The van der Waals surface area contributed by atoms with E-state index in [2.05, 4.69) is 45.9 Å². The van der Waals surface area contributed by atoms with E-state index in [9.17, 15) is 25.9 Å². The molecule has 0 unspecified atom stereocenters. The van der Waals surface area contributed by atoms with Gasteiger partial charge in [-0.15, -0.1) is 0 Å². The SMILES string of the molecule is O=S(=O)(O)c1cccc(Nc2nc(Cl)nc(Nc3ccc(Nc4nc(Cl)nc(Cl)n4)c(S(=O)(=O)O)c3)n2)c1. The van der Waals surface area contributed by atoms with Gasteiger partial charge in [0.05, 0.1) is 10.6 Å². The molecular weight excluding hydrogens is 609 g/mol. The number of nitrogens with zero attached hydrogens (tertiary/aromatic N) is 6. The number of nitrogens with one attached hydrogen (secondary N) is 3. The first-order chi connectivity index (χ1) is 17.8. The van der Waals surface area contributed by atoms with Gasteiger partial charge in [0.15, 0.2) is 0 Å². The minimum atomic E-state index is -4.76. The molecule has 20 heteroatoms. The molecule has 0 radical (unpaired) electrons. The van der Waals surface area contributed by atoms with Crippen molar-refractivity contribution in [2.24, 2.45) is 0 Å². The van der Waals surface area contributed by atoms with E-state index in [1.54, 1.807) is 0 Å². The van der Waals surface area contributed by atoms with E-state index < -0.39 is 25.1 Å². The van der Waals surface area contributed by atoms with Crippen LogP contribution < -0.4 is 16.0 Å². The zero-order chi connectivity index (χ0) is 27.7. The summed E-state index contributed by atoms with van der Waals surface area (Å²) >= 11 is 17.4. The quantitative estimate of drug-likeness (QED) is 0.177.